The molecule has 1 atom stereocenters. The van der Waals surface area contributed by atoms with Gasteiger partial charge in [0.25, 0.3) is 0 Å². The summed E-state index contributed by atoms with van der Waals surface area (Å²) in [6, 6.07) is 8.95. The fraction of sp³-hybridized carbons (Fsp3) is 0.500. The predicted molar refractivity (Wildman–Crippen MR) is 68.8 cm³/mol. The predicted octanol–water partition coefficient (Wildman–Crippen LogP) is 1.69. The zero-order valence-electron chi connectivity index (χ0n) is 10.8. The second-order valence-electron chi connectivity index (χ2n) is 4.96. The van der Waals surface area contributed by atoms with Gasteiger partial charge >= 0.3 is 0 Å². The molecule has 0 saturated heterocycles. The summed E-state index contributed by atoms with van der Waals surface area (Å²) < 4.78 is 0. The van der Waals surface area contributed by atoms with Gasteiger partial charge in [-0.15, -0.1) is 0 Å². The van der Waals surface area contributed by atoms with Crippen LogP contribution in [0.1, 0.15) is 23.6 Å². The lowest BCUT2D eigenvalue weighted by Crippen LogP contribution is -2.35. The molecule has 3 nitrogen and oxygen atoms in total. The van der Waals surface area contributed by atoms with Crippen LogP contribution >= 0.6 is 0 Å². The van der Waals surface area contributed by atoms with E-state index in [1.165, 1.54) is 11.1 Å². The van der Waals surface area contributed by atoms with Crippen molar-refractivity contribution in [2.45, 2.75) is 18.9 Å². The van der Waals surface area contributed by atoms with Crippen LogP contribution in [-0.4, -0.2) is 43.4 Å². The Bertz CT molecular complexity index is 414. The van der Waals surface area contributed by atoms with Gasteiger partial charge in [-0.1, -0.05) is 24.3 Å². The Morgan fingerprint density at radius 1 is 1.29 bits per heavy atom. The van der Waals surface area contributed by atoms with Gasteiger partial charge in [0.05, 0.1) is 6.54 Å². The minimum Gasteiger partial charge on any atom is -0.348 e. The van der Waals surface area contributed by atoms with Gasteiger partial charge in [-0.05, 0) is 31.0 Å². The van der Waals surface area contributed by atoms with Crippen LogP contribution < -0.4 is 0 Å². The molecule has 17 heavy (non-hydrogen) atoms. The van der Waals surface area contributed by atoms with Crippen molar-refractivity contribution in [2.24, 2.45) is 0 Å². The molecule has 0 radical (unpaired) electrons. The van der Waals surface area contributed by atoms with Gasteiger partial charge in [0.1, 0.15) is 0 Å². The number of hydrogen-bond donors (Lipinski definition) is 0. The lowest BCUT2D eigenvalue weighted by molar-refractivity contribution is -0.130. The first-order chi connectivity index (χ1) is 8.09. The summed E-state index contributed by atoms with van der Waals surface area (Å²) in [6.07, 6.45) is 2.25. The van der Waals surface area contributed by atoms with Crippen molar-refractivity contribution in [3.63, 3.8) is 0 Å². The smallest absolute Gasteiger partial charge is 0.236 e. The van der Waals surface area contributed by atoms with Crippen LogP contribution in [0.3, 0.4) is 0 Å². The molecule has 1 amide bonds. The number of hydrogen-bond acceptors (Lipinski definition) is 2. The third-order valence-electron chi connectivity index (χ3n) is 3.52. The molecule has 1 aliphatic rings. The van der Waals surface area contributed by atoms with Gasteiger partial charge in [-0.3, -0.25) is 9.69 Å². The summed E-state index contributed by atoms with van der Waals surface area (Å²) in [6.45, 7) is 0.492. The van der Waals surface area contributed by atoms with Crippen LogP contribution in [0, 0.1) is 0 Å². The summed E-state index contributed by atoms with van der Waals surface area (Å²) in [4.78, 5) is 15.5. The number of aryl methyl sites for hydroxylation is 1. The minimum atomic E-state index is 0.164. The van der Waals surface area contributed by atoms with Crippen molar-refractivity contribution < 1.29 is 4.79 Å². The van der Waals surface area contributed by atoms with Crippen LogP contribution in [-0.2, 0) is 11.2 Å². The lowest BCUT2D eigenvalue weighted by Gasteiger charge is -2.25. The van der Waals surface area contributed by atoms with Gasteiger partial charge in [-0.2, -0.15) is 0 Å². The minimum absolute atomic E-state index is 0.164. The molecule has 0 N–H and O–H groups in total. The molecule has 0 saturated carbocycles. The number of rotatable bonds is 3. The number of benzene rings is 1. The van der Waals surface area contributed by atoms with E-state index in [4.69, 9.17) is 0 Å². The van der Waals surface area contributed by atoms with Gasteiger partial charge in [0.15, 0.2) is 0 Å². The molecule has 92 valence electrons. The molecule has 0 unspecified atom stereocenters. The second-order valence-corrected chi connectivity index (χ2v) is 4.96. The van der Waals surface area contributed by atoms with Crippen molar-refractivity contribution >= 4 is 5.91 Å². The van der Waals surface area contributed by atoms with E-state index in [0.717, 1.165) is 12.8 Å². The van der Waals surface area contributed by atoms with E-state index in [2.05, 4.69) is 29.2 Å². The van der Waals surface area contributed by atoms with E-state index in [9.17, 15) is 4.79 Å². The lowest BCUT2D eigenvalue weighted by atomic mass is 10.1. The molecule has 0 aliphatic heterocycles. The molecule has 0 aromatic heterocycles. The quantitative estimate of drug-likeness (QED) is 0.792. The highest BCUT2D eigenvalue weighted by molar-refractivity contribution is 5.77. The van der Waals surface area contributed by atoms with E-state index in [1.807, 2.05) is 7.05 Å². The van der Waals surface area contributed by atoms with Crippen molar-refractivity contribution in [2.75, 3.05) is 27.7 Å². The highest BCUT2D eigenvalue weighted by atomic mass is 16.2. The Morgan fingerprint density at radius 2 is 2.00 bits per heavy atom. The van der Waals surface area contributed by atoms with Crippen LogP contribution in [0.4, 0.5) is 0 Å². The monoisotopic (exact) mass is 232 g/mol. The van der Waals surface area contributed by atoms with E-state index in [0.29, 0.717) is 12.6 Å². The van der Waals surface area contributed by atoms with Gasteiger partial charge < -0.3 is 4.90 Å². The van der Waals surface area contributed by atoms with Gasteiger partial charge in [0.2, 0.25) is 5.91 Å². The standard InChI is InChI=1S/C14H20N2O/c1-15(2)14(17)10-16(3)13-9-8-11-6-4-5-7-12(11)13/h4-7,13H,8-10H2,1-3H3/t13-/m1/s1. The summed E-state index contributed by atoms with van der Waals surface area (Å²) in [5.74, 6) is 0.164. The molecule has 1 aromatic rings. The molecule has 0 bridgehead atoms. The van der Waals surface area contributed by atoms with Gasteiger partial charge in [0, 0.05) is 20.1 Å². The summed E-state index contributed by atoms with van der Waals surface area (Å²) >= 11 is 0. The molecule has 2 rings (SSSR count). The zero-order valence-corrected chi connectivity index (χ0v) is 10.8. The molecule has 0 heterocycles. The highest BCUT2D eigenvalue weighted by Crippen LogP contribution is 2.34. The van der Waals surface area contributed by atoms with E-state index >= 15 is 0 Å². The van der Waals surface area contributed by atoms with Gasteiger partial charge in [-0.25, -0.2) is 0 Å². The first-order valence-corrected chi connectivity index (χ1v) is 6.08. The van der Waals surface area contributed by atoms with Crippen LogP contribution in [0.5, 0.6) is 0 Å². The van der Waals surface area contributed by atoms with E-state index in [1.54, 1.807) is 19.0 Å². The number of nitrogens with zero attached hydrogens (tertiary/aromatic N) is 2. The molecule has 3 heteroatoms. The Hall–Kier alpha value is -1.35. The molecule has 1 aromatic carbocycles. The average Bonchev–Trinajstić information content (AvgIpc) is 2.72. The first-order valence-electron chi connectivity index (χ1n) is 6.08. The van der Waals surface area contributed by atoms with E-state index in [-0.39, 0.29) is 5.91 Å². The number of likely N-dealkylation sites (N-methyl/N-ethyl adjacent to an activating group) is 2. The highest BCUT2D eigenvalue weighted by Gasteiger charge is 2.26. The summed E-state index contributed by atoms with van der Waals surface area (Å²) in [7, 11) is 5.64. The normalized spacial score (nSPS) is 18.2. The Morgan fingerprint density at radius 3 is 2.71 bits per heavy atom. The fourth-order valence-electron chi connectivity index (χ4n) is 2.46. The third kappa shape index (κ3) is 2.50. The van der Waals surface area contributed by atoms with Crippen molar-refractivity contribution in [3.05, 3.63) is 35.4 Å². The number of fused-ring (bicyclic) bond motifs is 1. The molecule has 0 fully saturated rings. The maximum Gasteiger partial charge on any atom is 0.236 e. The third-order valence-corrected chi connectivity index (χ3v) is 3.52. The number of carbonyl (C=O) groups excluding carboxylic acids is 1. The zero-order chi connectivity index (χ0) is 12.4. The largest absolute Gasteiger partial charge is 0.348 e. The Balaban J connectivity index is 2.07. The first kappa shape index (κ1) is 12.1. The number of amides is 1. The van der Waals surface area contributed by atoms with Crippen LogP contribution in [0.2, 0.25) is 0 Å². The second kappa shape index (κ2) is 4.88. The van der Waals surface area contributed by atoms with Crippen LogP contribution in [0.25, 0.3) is 0 Å². The SMILES string of the molecule is CN(C)C(=O)CN(C)[C@@H]1CCc2ccccc21. The maximum atomic E-state index is 11.7. The van der Waals surface area contributed by atoms with E-state index < -0.39 is 0 Å². The van der Waals surface area contributed by atoms with Crippen LogP contribution in [0.15, 0.2) is 24.3 Å². The summed E-state index contributed by atoms with van der Waals surface area (Å²) in [5, 5.41) is 0. The fourth-order valence-corrected chi connectivity index (χ4v) is 2.46. The molecule has 0 spiro atoms. The van der Waals surface area contributed by atoms with Crippen molar-refractivity contribution in [1.29, 1.82) is 0 Å². The maximum absolute atomic E-state index is 11.7. The number of carbonyl (C=O) groups is 1. The Labute approximate surface area is 103 Å². The average molecular weight is 232 g/mol. The molecule has 1 aliphatic carbocycles. The Kier molecular flexibility index (Phi) is 3.48. The van der Waals surface area contributed by atoms with Crippen molar-refractivity contribution in [3.8, 4) is 0 Å². The molecular weight excluding hydrogens is 212 g/mol. The molecular formula is C14H20N2O. The summed E-state index contributed by atoms with van der Waals surface area (Å²) in [5.41, 5.74) is 2.82. The van der Waals surface area contributed by atoms with Crippen molar-refractivity contribution in [1.82, 2.24) is 9.80 Å². The topological polar surface area (TPSA) is 23.6 Å².